The first-order chi connectivity index (χ1) is 4.72. The van der Waals surface area contributed by atoms with Crippen LogP contribution in [0.2, 0.25) is 0 Å². The molecule has 1 aromatic heterocycles. The van der Waals surface area contributed by atoms with Crippen molar-refractivity contribution in [2.75, 3.05) is 6.26 Å². The maximum Gasteiger partial charge on any atom is 0.276 e. The summed E-state index contributed by atoms with van der Waals surface area (Å²) in [5.74, 6) is 0.601. The van der Waals surface area contributed by atoms with Gasteiger partial charge in [0.15, 0.2) is 0 Å². The Labute approximate surface area is 62.5 Å². The summed E-state index contributed by atoms with van der Waals surface area (Å²) in [7, 11) is 0. The molecule has 0 spiro atoms. The fraction of sp³-hybridized carbons (Fsp3) is 0.333. The summed E-state index contributed by atoms with van der Waals surface area (Å²) in [6, 6.07) is 1.36. The first-order valence-electron chi connectivity index (χ1n) is 2.75. The molecule has 0 atom stereocenters. The van der Waals surface area contributed by atoms with E-state index in [-0.39, 0.29) is 5.56 Å². The highest BCUT2D eigenvalue weighted by Crippen LogP contribution is 2.09. The van der Waals surface area contributed by atoms with E-state index in [1.807, 2.05) is 6.26 Å². The third-order valence-electron chi connectivity index (χ3n) is 0.951. The monoisotopic (exact) mass is 157 g/mol. The number of aromatic nitrogens is 1. The highest BCUT2D eigenvalue weighted by atomic mass is 32.2. The SMILES string of the molecule is CSc1nc(=O)cc(C)o1. The minimum absolute atomic E-state index is 0.242. The van der Waals surface area contributed by atoms with Crippen molar-refractivity contribution < 1.29 is 4.42 Å². The number of rotatable bonds is 1. The Morgan fingerprint density at radius 3 is 2.90 bits per heavy atom. The molecule has 0 aliphatic carbocycles. The number of aryl methyl sites for hydroxylation is 1. The van der Waals surface area contributed by atoms with E-state index in [2.05, 4.69) is 4.98 Å². The minimum atomic E-state index is -0.242. The van der Waals surface area contributed by atoms with Gasteiger partial charge in [-0.25, -0.2) is 0 Å². The van der Waals surface area contributed by atoms with Crippen LogP contribution >= 0.6 is 11.8 Å². The second-order valence-corrected chi connectivity index (χ2v) is 2.53. The summed E-state index contributed by atoms with van der Waals surface area (Å²) in [4.78, 5) is 14.3. The molecule has 4 heteroatoms. The molecule has 0 amide bonds. The summed E-state index contributed by atoms with van der Waals surface area (Å²) in [6.07, 6.45) is 1.81. The van der Waals surface area contributed by atoms with Crippen LogP contribution in [0.1, 0.15) is 5.76 Å². The Kier molecular flexibility index (Phi) is 2.11. The lowest BCUT2D eigenvalue weighted by Crippen LogP contribution is -2.04. The van der Waals surface area contributed by atoms with E-state index >= 15 is 0 Å². The molecule has 0 radical (unpaired) electrons. The molecule has 0 aliphatic rings. The molecule has 0 bridgehead atoms. The van der Waals surface area contributed by atoms with Crippen LogP contribution in [-0.2, 0) is 0 Å². The molecule has 1 heterocycles. The molecule has 1 aromatic rings. The molecule has 0 saturated carbocycles. The Hall–Kier alpha value is -0.770. The van der Waals surface area contributed by atoms with Crippen molar-refractivity contribution in [3.8, 4) is 0 Å². The fourth-order valence-electron chi connectivity index (χ4n) is 0.573. The van der Waals surface area contributed by atoms with Crippen molar-refractivity contribution in [1.82, 2.24) is 4.98 Å². The zero-order valence-electron chi connectivity index (χ0n) is 5.75. The number of nitrogens with zero attached hydrogens (tertiary/aromatic N) is 1. The normalized spacial score (nSPS) is 9.80. The van der Waals surface area contributed by atoms with Crippen molar-refractivity contribution in [3.63, 3.8) is 0 Å². The zero-order valence-corrected chi connectivity index (χ0v) is 6.57. The van der Waals surface area contributed by atoms with E-state index in [1.54, 1.807) is 6.92 Å². The third kappa shape index (κ3) is 1.60. The van der Waals surface area contributed by atoms with Crippen LogP contribution in [0, 0.1) is 6.92 Å². The van der Waals surface area contributed by atoms with Crippen molar-refractivity contribution in [2.45, 2.75) is 12.1 Å². The van der Waals surface area contributed by atoms with Gasteiger partial charge in [-0.2, -0.15) is 4.98 Å². The number of hydrogen-bond donors (Lipinski definition) is 0. The summed E-state index contributed by atoms with van der Waals surface area (Å²) in [6.45, 7) is 1.72. The number of thioether (sulfide) groups is 1. The zero-order chi connectivity index (χ0) is 7.56. The summed E-state index contributed by atoms with van der Waals surface area (Å²) in [5.41, 5.74) is -0.242. The summed E-state index contributed by atoms with van der Waals surface area (Å²) in [5, 5.41) is 0.421. The fourth-order valence-corrected chi connectivity index (χ4v) is 0.969. The molecule has 3 nitrogen and oxygen atoms in total. The van der Waals surface area contributed by atoms with Gasteiger partial charge in [0.2, 0.25) is 0 Å². The van der Waals surface area contributed by atoms with E-state index < -0.39 is 0 Å². The Morgan fingerprint density at radius 1 is 1.70 bits per heavy atom. The summed E-state index contributed by atoms with van der Waals surface area (Å²) >= 11 is 1.32. The van der Waals surface area contributed by atoms with Crippen LogP contribution in [0.25, 0.3) is 0 Å². The summed E-state index contributed by atoms with van der Waals surface area (Å²) < 4.78 is 5.06. The lowest BCUT2D eigenvalue weighted by molar-refractivity contribution is 0.394. The van der Waals surface area contributed by atoms with Gasteiger partial charge in [-0.3, -0.25) is 4.79 Å². The van der Waals surface area contributed by atoms with E-state index in [9.17, 15) is 4.79 Å². The third-order valence-corrected chi connectivity index (χ3v) is 1.47. The van der Waals surface area contributed by atoms with E-state index in [1.165, 1.54) is 17.8 Å². The average Bonchev–Trinajstić information content (AvgIpc) is 1.85. The lowest BCUT2D eigenvalue weighted by Gasteiger charge is -1.93. The standard InChI is InChI=1S/C6H7NO2S/c1-4-3-5(8)7-6(9-4)10-2/h3H,1-2H3. The van der Waals surface area contributed by atoms with Gasteiger partial charge in [-0.15, -0.1) is 0 Å². The molecule has 0 saturated heterocycles. The van der Waals surface area contributed by atoms with E-state index in [0.29, 0.717) is 11.0 Å². The Balaban J connectivity index is 3.19. The van der Waals surface area contributed by atoms with Crippen molar-refractivity contribution in [2.24, 2.45) is 0 Å². The largest absolute Gasteiger partial charge is 0.438 e. The molecule has 54 valence electrons. The van der Waals surface area contributed by atoms with Gasteiger partial charge in [0.1, 0.15) is 5.76 Å². The van der Waals surface area contributed by atoms with Crippen LogP contribution < -0.4 is 5.56 Å². The molecule has 0 aliphatic heterocycles. The van der Waals surface area contributed by atoms with Crippen LogP contribution in [0.15, 0.2) is 20.5 Å². The maximum atomic E-state index is 10.7. The Bertz CT molecular complexity index is 281. The first kappa shape index (κ1) is 7.34. The van der Waals surface area contributed by atoms with Crippen molar-refractivity contribution in [1.29, 1.82) is 0 Å². The molecule has 0 N–H and O–H groups in total. The highest BCUT2D eigenvalue weighted by Gasteiger charge is 1.96. The predicted molar refractivity (Wildman–Crippen MR) is 39.3 cm³/mol. The second kappa shape index (κ2) is 2.88. The van der Waals surface area contributed by atoms with Gasteiger partial charge >= 0.3 is 0 Å². The predicted octanol–water partition coefficient (Wildman–Crippen LogP) is 1.07. The minimum Gasteiger partial charge on any atom is -0.438 e. The van der Waals surface area contributed by atoms with Gasteiger partial charge in [0, 0.05) is 6.07 Å². The van der Waals surface area contributed by atoms with Gasteiger partial charge in [0.05, 0.1) is 0 Å². The highest BCUT2D eigenvalue weighted by molar-refractivity contribution is 7.98. The van der Waals surface area contributed by atoms with Gasteiger partial charge in [-0.1, -0.05) is 11.8 Å². The lowest BCUT2D eigenvalue weighted by atomic mass is 10.5. The molecular weight excluding hydrogens is 150 g/mol. The van der Waals surface area contributed by atoms with Crippen LogP contribution in [0.3, 0.4) is 0 Å². The van der Waals surface area contributed by atoms with Gasteiger partial charge < -0.3 is 4.42 Å². The van der Waals surface area contributed by atoms with E-state index in [0.717, 1.165) is 0 Å². The molecule has 0 fully saturated rings. The quantitative estimate of drug-likeness (QED) is 0.572. The molecular formula is C6H7NO2S. The number of hydrogen-bond acceptors (Lipinski definition) is 4. The average molecular weight is 157 g/mol. The molecule has 0 aromatic carbocycles. The van der Waals surface area contributed by atoms with Crippen molar-refractivity contribution in [3.05, 3.63) is 22.2 Å². The van der Waals surface area contributed by atoms with Crippen LogP contribution in [-0.4, -0.2) is 11.2 Å². The smallest absolute Gasteiger partial charge is 0.276 e. The molecule has 1 rings (SSSR count). The van der Waals surface area contributed by atoms with Crippen LogP contribution in [0.4, 0.5) is 0 Å². The first-order valence-corrected chi connectivity index (χ1v) is 3.97. The van der Waals surface area contributed by atoms with Crippen LogP contribution in [0.5, 0.6) is 0 Å². The van der Waals surface area contributed by atoms with Gasteiger partial charge in [-0.05, 0) is 13.2 Å². The molecule has 0 unspecified atom stereocenters. The van der Waals surface area contributed by atoms with E-state index in [4.69, 9.17) is 4.42 Å². The topological polar surface area (TPSA) is 43.1 Å². The van der Waals surface area contributed by atoms with Gasteiger partial charge in [0.25, 0.3) is 10.8 Å². The van der Waals surface area contributed by atoms with Crippen molar-refractivity contribution >= 4 is 11.8 Å². The molecule has 10 heavy (non-hydrogen) atoms. The maximum absolute atomic E-state index is 10.7. The Morgan fingerprint density at radius 2 is 2.40 bits per heavy atom. The second-order valence-electron chi connectivity index (χ2n) is 1.78.